The van der Waals surface area contributed by atoms with Gasteiger partial charge in [0.2, 0.25) is 0 Å². The number of aryl methyl sites for hydroxylation is 1. The maximum absolute atomic E-state index is 13.5. The molecular weight excluding hydrogens is 191 g/mol. The van der Waals surface area contributed by atoms with Gasteiger partial charge < -0.3 is 10.2 Å². The maximum atomic E-state index is 13.5. The van der Waals surface area contributed by atoms with E-state index in [2.05, 4.69) is 10.2 Å². The van der Waals surface area contributed by atoms with Gasteiger partial charge in [0.15, 0.2) is 0 Å². The van der Waals surface area contributed by atoms with Crippen LogP contribution in [0.15, 0.2) is 18.2 Å². The van der Waals surface area contributed by atoms with Crippen molar-refractivity contribution in [3.63, 3.8) is 0 Å². The van der Waals surface area contributed by atoms with E-state index in [1.165, 1.54) is 6.07 Å². The van der Waals surface area contributed by atoms with Crippen molar-refractivity contribution in [2.75, 3.05) is 26.0 Å². The van der Waals surface area contributed by atoms with Crippen LogP contribution in [-0.4, -0.2) is 31.6 Å². The number of anilines is 1. The molecule has 1 aliphatic rings. The standard InChI is InChI=1S/C12H17FN2/c1-15(2)8-10-7-6-9-4-3-5-11(13)12(9)14-10/h3-5,10,14H,6-8H2,1-2H3. The molecule has 3 heteroatoms. The second-order valence-corrected chi connectivity index (χ2v) is 4.42. The van der Waals surface area contributed by atoms with Crippen LogP contribution >= 0.6 is 0 Å². The number of hydrogen-bond acceptors (Lipinski definition) is 2. The Labute approximate surface area is 90.1 Å². The first-order valence-corrected chi connectivity index (χ1v) is 5.35. The van der Waals surface area contributed by atoms with Gasteiger partial charge >= 0.3 is 0 Å². The highest BCUT2D eigenvalue weighted by Crippen LogP contribution is 2.27. The van der Waals surface area contributed by atoms with E-state index >= 15 is 0 Å². The molecule has 1 atom stereocenters. The summed E-state index contributed by atoms with van der Waals surface area (Å²) < 4.78 is 13.5. The predicted molar refractivity (Wildman–Crippen MR) is 60.7 cm³/mol. The Morgan fingerprint density at radius 1 is 1.47 bits per heavy atom. The van der Waals surface area contributed by atoms with E-state index in [1.807, 2.05) is 20.2 Å². The molecule has 1 aliphatic heterocycles. The minimum Gasteiger partial charge on any atom is -0.378 e. The number of fused-ring (bicyclic) bond motifs is 1. The molecule has 0 aliphatic carbocycles. The number of nitrogens with one attached hydrogen (secondary N) is 1. The Hall–Kier alpha value is -1.09. The molecule has 0 radical (unpaired) electrons. The monoisotopic (exact) mass is 208 g/mol. The van der Waals surface area contributed by atoms with E-state index in [-0.39, 0.29) is 5.82 Å². The van der Waals surface area contributed by atoms with Gasteiger partial charge in [0.1, 0.15) is 5.82 Å². The zero-order valence-corrected chi connectivity index (χ0v) is 9.26. The summed E-state index contributed by atoms with van der Waals surface area (Å²) in [4.78, 5) is 2.13. The lowest BCUT2D eigenvalue weighted by molar-refractivity contribution is 0.370. The molecule has 1 aromatic rings. The fourth-order valence-corrected chi connectivity index (χ4v) is 2.12. The summed E-state index contributed by atoms with van der Waals surface area (Å²) in [5.74, 6) is -0.129. The quantitative estimate of drug-likeness (QED) is 0.800. The van der Waals surface area contributed by atoms with E-state index in [0.717, 1.165) is 24.9 Å². The van der Waals surface area contributed by atoms with Crippen LogP contribution in [0, 0.1) is 5.82 Å². The molecule has 0 amide bonds. The molecule has 1 unspecified atom stereocenters. The van der Waals surface area contributed by atoms with E-state index < -0.39 is 0 Å². The molecule has 0 spiro atoms. The van der Waals surface area contributed by atoms with Crippen molar-refractivity contribution >= 4 is 5.69 Å². The van der Waals surface area contributed by atoms with Crippen LogP contribution in [-0.2, 0) is 6.42 Å². The van der Waals surface area contributed by atoms with Crippen LogP contribution in [0.2, 0.25) is 0 Å². The van der Waals surface area contributed by atoms with Crippen molar-refractivity contribution in [3.8, 4) is 0 Å². The summed E-state index contributed by atoms with van der Waals surface area (Å²) in [7, 11) is 4.08. The van der Waals surface area contributed by atoms with Gasteiger partial charge in [0.05, 0.1) is 5.69 Å². The Bertz CT molecular complexity index is 349. The lowest BCUT2D eigenvalue weighted by atomic mass is 9.97. The van der Waals surface area contributed by atoms with Crippen LogP contribution in [0.25, 0.3) is 0 Å². The average molecular weight is 208 g/mol. The van der Waals surface area contributed by atoms with Crippen molar-refractivity contribution in [2.24, 2.45) is 0 Å². The SMILES string of the molecule is CN(C)CC1CCc2cccc(F)c2N1. The molecule has 0 saturated heterocycles. The van der Waals surface area contributed by atoms with E-state index in [1.54, 1.807) is 6.07 Å². The minimum absolute atomic E-state index is 0.129. The largest absolute Gasteiger partial charge is 0.378 e. The lowest BCUT2D eigenvalue weighted by Crippen LogP contribution is -2.35. The van der Waals surface area contributed by atoms with Crippen molar-refractivity contribution in [1.29, 1.82) is 0 Å². The fraction of sp³-hybridized carbons (Fsp3) is 0.500. The van der Waals surface area contributed by atoms with Gasteiger partial charge in [0.25, 0.3) is 0 Å². The van der Waals surface area contributed by atoms with E-state index in [0.29, 0.717) is 11.7 Å². The number of halogens is 1. The normalized spacial score (nSPS) is 19.9. The number of rotatable bonds is 2. The summed E-state index contributed by atoms with van der Waals surface area (Å²) >= 11 is 0. The van der Waals surface area contributed by atoms with Gasteiger partial charge in [-0.05, 0) is 38.6 Å². The topological polar surface area (TPSA) is 15.3 Å². The fourth-order valence-electron chi connectivity index (χ4n) is 2.12. The number of likely N-dealkylation sites (N-methyl/N-ethyl adjacent to an activating group) is 1. The zero-order chi connectivity index (χ0) is 10.8. The first kappa shape index (κ1) is 10.4. The van der Waals surface area contributed by atoms with Crippen LogP contribution in [0.3, 0.4) is 0 Å². The average Bonchev–Trinajstić information content (AvgIpc) is 2.18. The molecule has 2 rings (SSSR count). The van der Waals surface area contributed by atoms with Crippen molar-refractivity contribution in [3.05, 3.63) is 29.6 Å². The Morgan fingerprint density at radius 2 is 2.27 bits per heavy atom. The summed E-state index contributed by atoms with van der Waals surface area (Å²) in [6, 6.07) is 5.66. The first-order valence-electron chi connectivity index (χ1n) is 5.35. The molecule has 0 bridgehead atoms. The zero-order valence-electron chi connectivity index (χ0n) is 9.26. The number of hydrogen-bond donors (Lipinski definition) is 1. The summed E-state index contributed by atoms with van der Waals surface area (Å²) in [5, 5.41) is 3.28. The second-order valence-electron chi connectivity index (χ2n) is 4.42. The molecule has 1 heterocycles. The minimum atomic E-state index is -0.129. The molecule has 0 aromatic heterocycles. The van der Waals surface area contributed by atoms with E-state index in [9.17, 15) is 4.39 Å². The van der Waals surface area contributed by atoms with Crippen LogP contribution in [0.5, 0.6) is 0 Å². The highest BCUT2D eigenvalue weighted by Gasteiger charge is 2.20. The Kier molecular flexibility index (Phi) is 2.91. The second kappa shape index (κ2) is 4.19. The molecule has 2 nitrogen and oxygen atoms in total. The van der Waals surface area contributed by atoms with Gasteiger partial charge in [-0.3, -0.25) is 0 Å². The number of nitrogens with zero attached hydrogens (tertiary/aromatic N) is 1. The lowest BCUT2D eigenvalue weighted by Gasteiger charge is -2.29. The molecule has 0 saturated carbocycles. The van der Waals surface area contributed by atoms with Gasteiger partial charge in [0, 0.05) is 12.6 Å². The number of benzene rings is 1. The molecule has 15 heavy (non-hydrogen) atoms. The van der Waals surface area contributed by atoms with Gasteiger partial charge in [-0.15, -0.1) is 0 Å². The van der Waals surface area contributed by atoms with Crippen molar-refractivity contribution in [2.45, 2.75) is 18.9 Å². The number of para-hydroxylation sites is 1. The highest BCUT2D eigenvalue weighted by molar-refractivity contribution is 5.55. The van der Waals surface area contributed by atoms with E-state index in [4.69, 9.17) is 0 Å². The molecule has 0 fully saturated rings. The predicted octanol–water partition coefficient (Wildman–Crippen LogP) is 2.11. The third-order valence-corrected chi connectivity index (χ3v) is 2.80. The van der Waals surface area contributed by atoms with Crippen LogP contribution < -0.4 is 5.32 Å². The molecule has 1 aromatic carbocycles. The molecule has 82 valence electrons. The third kappa shape index (κ3) is 2.29. The van der Waals surface area contributed by atoms with Gasteiger partial charge in [-0.2, -0.15) is 0 Å². The molecule has 1 N–H and O–H groups in total. The first-order chi connectivity index (χ1) is 7.16. The van der Waals surface area contributed by atoms with Gasteiger partial charge in [-0.25, -0.2) is 4.39 Å². The van der Waals surface area contributed by atoms with Crippen LogP contribution in [0.4, 0.5) is 10.1 Å². The summed E-state index contributed by atoms with van der Waals surface area (Å²) in [6.07, 6.45) is 2.05. The van der Waals surface area contributed by atoms with Crippen molar-refractivity contribution < 1.29 is 4.39 Å². The maximum Gasteiger partial charge on any atom is 0.146 e. The third-order valence-electron chi connectivity index (χ3n) is 2.80. The van der Waals surface area contributed by atoms with Crippen molar-refractivity contribution in [1.82, 2.24) is 4.90 Å². The van der Waals surface area contributed by atoms with Gasteiger partial charge in [-0.1, -0.05) is 12.1 Å². The Balaban J connectivity index is 2.15. The van der Waals surface area contributed by atoms with Crippen LogP contribution in [0.1, 0.15) is 12.0 Å². The highest BCUT2D eigenvalue weighted by atomic mass is 19.1. The summed E-state index contributed by atoms with van der Waals surface area (Å²) in [5.41, 5.74) is 1.81. The summed E-state index contributed by atoms with van der Waals surface area (Å²) in [6.45, 7) is 0.952. The Morgan fingerprint density at radius 3 is 3.00 bits per heavy atom. The smallest absolute Gasteiger partial charge is 0.146 e. The molecular formula is C12H17FN2.